The second-order valence-electron chi connectivity index (χ2n) is 9.70. The van der Waals surface area contributed by atoms with Gasteiger partial charge in [0.1, 0.15) is 11.7 Å². The van der Waals surface area contributed by atoms with E-state index in [4.69, 9.17) is 0 Å². The molecule has 0 bridgehead atoms. The van der Waals surface area contributed by atoms with Crippen molar-refractivity contribution in [2.24, 2.45) is 5.92 Å². The largest absolute Gasteiger partial charge is 0.478 e. The van der Waals surface area contributed by atoms with Crippen molar-refractivity contribution in [1.82, 2.24) is 20.4 Å². The molecule has 196 valence electrons. The van der Waals surface area contributed by atoms with Crippen molar-refractivity contribution in [3.05, 3.63) is 48.0 Å². The maximum absolute atomic E-state index is 13.0. The molecule has 36 heavy (non-hydrogen) atoms. The normalized spacial score (nSPS) is 24.4. The third kappa shape index (κ3) is 5.73. The zero-order valence-electron chi connectivity index (χ0n) is 20.0. The quantitative estimate of drug-likeness (QED) is 0.459. The first-order chi connectivity index (χ1) is 17.2. The fourth-order valence-corrected chi connectivity index (χ4v) is 5.45. The Morgan fingerprint density at radius 2 is 1.78 bits per heavy atom. The third-order valence-electron chi connectivity index (χ3n) is 7.42. The van der Waals surface area contributed by atoms with Crippen molar-refractivity contribution in [2.45, 2.75) is 82.1 Å². The number of anilines is 1. The van der Waals surface area contributed by atoms with Gasteiger partial charge in [-0.05, 0) is 49.8 Å². The summed E-state index contributed by atoms with van der Waals surface area (Å²) in [5.74, 6) is -1.74. The van der Waals surface area contributed by atoms with Crippen molar-refractivity contribution in [2.75, 3.05) is 5.32 Å². The van der Waals surface area contributed by atoms with E-state index < -0.39 is 40.9 Å². The summed E-state index contributed by atoms with van der Waals surface area (Å²) < 4.78 is 41.1. The Bertz CT molecular complexity index is 1040. The maximum Gasteiger partial charge on any atom is 0.416 e. The first-order valence-corrected chi connectivity index (χ1v) is 12.5. The fraction of sp³-hybridized carbons (Fsp3) is 0.560. The van der Waals surface area contributed by atoms with E-state index in [-0.39, 0.29) is 5.69 Å². The van der Waals surface area contributed by atoms with Crippen LogP contribution in [0.4, 0.5) is 18.9 Å². The van der Waals surface area contributed by atoms with Crippen LogP contribution in [0.1, 0.15) is 80.1 Å². The summed E-state index contributed by atoms with van der Waals surface area (Å²) in [4.78, 5) is 28.8. The SMILES string of the molecule is O=C(O)c1cc(C(F)(F)F)ccc1NC(=O)C1CCC(C2CCCCCCCC2)(n2ccnc2)NN1. The van der Waals surface area contributed by atoms with Crippen LogP contribution >= 0.6 is 0 Å². The molecule has 4 N–H and O–H groups in total. The summed E-state index contributed by atoms with van der Waals surface area (Å²) in [6, 6.07) is 1.58. The van der Waals surface area contributed by atoms with Gasteiger partial charge < -0.3 is 15.0 Å². The predicted molar refractivity (Wildman–Crippen MR) is 127 cm³/mol. The highest BCUT2D eigenvalue weighted by Crippen LogP contribution is 2.39. The third-order valence-corrected chi connectivity index (χ3v) is 7.42. The number of aromatic carboxylic acids is 1. The number of halogens is 3. The number of carbonyl (C=O) groups is 2. The average Bonchev–Trinajstić information content (AvgIpc) is 3.42. The van der Waals surface area contributed by atoms with Gasteiger partial charge in [-0.15, -0.1) is 0 Å². The average molecular weight is 508 g/mol. The summed E-state index contributed by atoms with van der Waals surface area (Å²) in [7, 11) is 0. The minimum Gasteiger partial charge on any atom is -0.478 e. The molecule has 1 saturated carbocycles. The zero-order valence-corrected chi connectivity index (χ0v) is 20.0. The molecule has 1 amide bonds. The summed E-state index contributed by atoms with van der Waals surface area (Å²) in [5.41, 5.74) is 4.18. The lowest BCUT2D eigenvalue weighted by atomic mass is 9.79. The van der Waals surface area contributed by atoms with Crippen LogP contribution in [0.15, 0.2) is 36.9 Å². The van der Waals surface area contributed by atoms with Crippen molar-refractivity contribution < 1.29 is 27.9 Å². The van der Waals surface area contributed by atoms with E-state index in [2.05, 4.69) is 25.7 Å². The molecule has 1 aliphatic carbocycles. The Hall–Kier alpha value is -2.92. The van der Waals surface area contributed by atoms with Crippen LogP contribution in [-0.2, 0) is 16.6 Å². The monoisotopic (exact) mass is 507 g/mol. The Morgan fingerprint density at radius 1 is 1.08 bits per heavy atom. The minimum atomic E-state index is -4.69. The summed E-state index contributed by atoms with van der Waals surface area (Å²) in [6.45, 7) is 0. The van der Waals surface area contributed by atoms with Crippen molar-refractivity contribution in [1.29, 1.82) is 0 Å². The standard InChI is InChI=1S/C25H32F3N5O3/c26-25(27,28)18-9-10-20(19(15-18)23(35)36)30-22(34)21-11-12-24(32-31-21,33-14-13-29-16-33)17-7-5-3-1-2-4-6-8-17/h9-10,13-17,21,31-32H,1-8,11-12H2,(H,30,34)(H,35,36). The number of alkyl halides is 3. The highest BCUT2D eigenvalue weighted by molar-refractivity contribution is 6.02. The van der Waals surface area contributed by atoms with Crippen LogP contribution in [0.25, 0.3) is 0 Å². The van der Waals surface area contributed by atoms with Gasteiger partial charge in [-0.2, -0.15) is 13.2 Å². The molecule has 2 heterocycles. The molecule has 1 aromatic heterocycles. The van der Waals surface area contributed by atoms with E-state index in [0.717, 1.165) is 37.8 Å². The number of benzene rings is 1. The Labute approximate surface area is 207 Å². The van der Waals surface area contributed by atoms with Gasteiger partial charge in [0.25, 0.3) is 0 Å². The van der Waals surface area contributed by atoms with Gasteiger partial charge >= 0.3 is 12.1 Å². The van der Waals surface area contributed by atoms with E-state index in [0.29, 0.717) is 24.8 Å². The van der Waals surface area contributed by atoms with Gasteiger partial charge in [0, 0.05) is 12.4 Å². The highest BCUT2D eigenvalue weighted by Gasteiger charge is 2.44. The molecule has 2 atom stereocenters. The number of rotatable bonds is 5. The van der Waals surface area contributed by atoms with Crippen LogP contribution in [0.3, 0.4) is 0 Å². The molecule has 0 radical (unpaired) electrons. The minimum absolute atomic E-state index is 0.176. The van der Waals surface area contributed by atoms with Gasteiger partial charge in [0.15, 0.2) is 0 Å². The first kappa shape index (κ1) is 26.2. The summed E-state index contributed by atoms with van der Waals surface area (Å²) in [6.07, 6.45) is 11.1. The van der Waals surface area contributed by atoms with Gasteiger partial charge in [0.2, 0.25) is 5.91 Å². The number of hydrogen-bond donors (Lipinski definition) is 4. The summed E-state index contributed by atoms with van der Waals surface area (Å²) >= 11 is 0. The molecule has 1 saturated heterocycles. The number of hydrogen-bond acceptors (Lipinski definition) is 5. The molecule has 2 aliphatic rings. The molecule has 8 nitrogen and oxygen atoms in total. The van der Waals surface area contributed by atoms with Crippen LogP contribution in [0.5, 0.6) is 0 Å². The lowest BCUT2D eigenvalue weighted by Gasteiger charge is -2.47. The Balaban J connectivity index is 1.49. The molecule has 1 aliphatic heterocycles. The van der Waals surface area contributed by atoms with Crippen LogP contribution in [0, 0.1) is 5.92 Å². The molecule has 2 fully saturated rings. The van der Waals surface area contributed by atoms with Gasteiger partial charge in [0.05, 0.1) is 23.1 Å². The van der Waals surface area contributed by atoms with E-state index in [1.807, 2.05) is 6.20 Å². The van der Waals surface area contributed by atoms with E-state index in [1.165, 1.54) is 25.7 Å². The maximum atomic E-state index is 13.0. The van der Waals surface area contributed by atoms with Crippen LogP contribution in [-0.4, -0.2) is 32.6 Å². The number of hydrazine groups is 1. The van der Waals surface area contributed by atoms with Gasteiger partial charge in [-0.25, -0.2) is 20.6 Å². The molecule has 11 heteroatoms. The van der Waals surface area contributed by atoms with Crippen LogP contribution in [0.2, 0.25) is 0 Å². The molecule has 2 unspecified atom stereocenters. The lowest BCUT2D eigenvalue weighted by Crippen LogP contribution is -2.65. The molecular formula is C25H32F3N5O3. The molecule has 2 aromatic rings. The lowest BCUT2D eigenvalue weighted by molar-refractivity contribution is -0.137. The molecule has 0 spiro atoms. The topological polar surface area (TPSA) is 108 Å². The highest BCUT2D eigenvalue weighted by atomic mass is 19.4. The fourth-order valence-electron chi connectivity index (χ4n) is 5.45. The summed E-state index contributed by atoms with van der Waals surface area (Å²) in [5, 5.41) is 11.9. The predicted octanol–water partition coefficient (Wildman–Crippen LogP) is 4.90. The van der Waals surface area contributed by atoms with Crippen molar-refractivity contribution in [3.8, 4) is 0 Å². The number of nitrogens with one attached hydrogen (secondary N) is 3. The number of aromatic nitrogens is 2. The van der Waals surface area contributed by atoms with Crippen molar-refractivity contribution in [3.63, 3.8) is 0 Å². The van der Waals surface area contributed by atoms with E-state index in [9.17, 15) is 27.9 Å². The smallest absolute Gasteiger partial charge is 0.416 e. The van der Waals surface area contributed by atoms with Gasteiger partial charge in [-0.1, -0.05) is 38.5 Å². The van der Waals surface area contributed by atoms with E-state index in [1.54, 1.807) is 12.5 Å². The van der Waals surface area contributed by atoms with E-state index >= 15 is 0 Å². The second-order valence-corrected chi connectivity index (χ2v) is 9.70. The number of carboxylic acid groups (broad SMARTS) is 1. The Kier molecular flexibility index (Phi) is 7.99. The number of carboxylic acids is 1. The zero-order chi connectivity index (χ0) is 25.8. The van der Waals surface area contributed by atoms with Gasteiger partial charge in [-0.3, -0.25) is 4.79 Å². The number of amides is 1. The second kappa shape index (κ2) is 11.0. The van der Waals surface area contributed by atoms with Crippen molar-refractivity contribution >= 4 is 17.6 Å². The molecular weight excluding hydrogens is 475 g/mol. The number of carbonyl (C=O) groups excluding carboxylic acids is 1. The number of nitrogens with zero attached hydrogens (tertiary/aromatic N) is 2. The van der Waals surface area contributed by atoms with Crippen LogP contribution < -0.4 is 16.2 Å². The Morgan fingerprint density at radius 3 is 2.33 bits per heavy atom. The molecule has 4 rings (SSSR count). The first-order valence-electron chi connectivity index (χ1n) is 12.5. The number of imidazole rings is 1. The molecule has 1 aromatic carbocycles.